The highest BCUT2D eigenvalue weighted by Crippen LogP contribution is 2.37. The predicted molar refractivity (Wildman–Crippen MR) is 99.0 cm³/mol. The van der Waals surface area contributed by atoms with Gasteiger partial charge in [0.05, 0.1) is 31.6 Å². The van der Waals surface area contributed by atoms with Gasteiger partial charge in [0.15, 0.2) is 11.5 Å². The molecule has 0 atom stereocenters. The van der Waals surface area contributed by atoms with E-state index in [2.05, 4.69) is 5.32 Å². The minimum atomic E-state index is -4.61. The van der Waals surface area contributed by atoms with Crippen molar-refractivity contribution in [2.24, 2.45) is 0 Å². The Balaban J connectivity index is 1.90. The summed E-state index contributed by atoms with van der Waals surface area (Å²) in [6.45, 7) is 2.58. The first kappa shape index (κ1) is 21.4. The Morgan fingerprint density at radius 1 is 1.07 bits per heavy atom. The van der Waals surface area contributed by atoms with Gasteiger partial charge in [-0.3, -0.25) is 4.79 Å². The van der Waals surface area contributed by atoms with Crippen molar-refractivity contribution in [2.75, 3.05) is 25.6 Å². The largest absolute Gasteiger partial charge is 0.497 e. The van der Waals surface area contributed by atoms with Crippen LogP contribution in [0, 0.1) is 0 Å². The van der Waals surface area contributed by atoms with Crippen molar-refractivity contribution in [1.82, 2.24) is 0 Å². The highest BCUT2D eigenvalue weighted by Gasteiger charge is 2.34. The maximum absolute atomic E-state index is 13.2. The zero-order valence-corrected chi connectivity index (χ0v) is 15.6. The summed E-state index contributed by atoms with van der Waals surface area (Å²) < 4.78 is 55.4. The number of hydrogen-bond acceptors (Lipinski definition) is 4. The van der Waals surface area contributed by atoms with Gasteiger partial charge in [-0.25, -0.2) is 0 Å². The number of anilines is 1. The lowest BCUT2D eigenvalue weighted by atomic mass is 10.1. The molecule has 0 spiro atoms. The highest BCUT2D eigenvalue weighted by atomic mass is 19.4. The fourth-order valence-electron chi connectivity index (χ4n) is 2.47. The van der Waals surface area contributed by atoms with Gasteiger partial charge < -0.3 is 19.5 Å². The minimum Gasteiger partial charge on any atom is -0.497 e. The van der Waals surface area contributed by atoms with Crippen LogP contribution in [0.3, 0.4) is 0 Å². The summed E-state index contributed by atoms with van der Waals surface area (Å²) in [7, 11) is 1.28. The maximum Gasteiger partial charge on any atom is 0.418 e. The smallest absolute Gasteiger partial charge is 0.418 e. The third-order valence-electron chi connectivity index (χ3n) is 3.76. The Labute approximate surface area is 161 Å². The molecule has 0 heterocycles. The summed E-state index contributed by atoms with van der Waals surface area (Å²) in [6, 6.07) is 10.5. The van der Waals surface area contributed by atoms with Gasteiger partial charge in [0, 0.05) is 6.42 Å². The molecule has 0 bridgehead atoms. The molecule has 0 unspecified atom stereocenters. The van der Waals surface area contributed by atoms with Crippen LogP contribution in [0.1, 0.15) is 25.3 Å². The molecule has 0 radical (unpaired) electrons. The summed E-state index contributed by atoms with van der Waals surface area (Å²) in [5.41, 5.74) is -1.26. The van der Waals surface area contributed by atoms with Gasteiger partial charge in [-0.15, -0.1) is 0 Å². The van der Waals surface area contributed by atoms with Crippen molar-refractivity contribution in [3.8, 4) is 17.2 Å². The van der Waals surface area contributed by atoms with Crippen LogP contribution in [-0.4, -0.2) is 26.2 Å². The second kappa shape index (κ2) is 9.87. The van der Waals surface area contributed by atoms with Crippen molar-refractivity contribution >= 4 is 11.6 Å². The Bertz CT molecular complexity index is 793. The molecule has 28 heavy (non-hydrogen) atoms. The highest BCUT2D eigenvalue weighted by molar-refractivity contribution is 5.91. The first-order valence-corrected chi connectivity index (χ1v) is 8.75. The first-order chi connectivity index (χ1) is 13.3. The van der Waals surface area contributed by atoms with Crippen molar-refractivity contribution in [3.05, 3.63) is 48.0 Å². The van der Waals surface area contributed by atoms with Gasteiger partial charge in [0.2, 0.25) is 5.91 Å². The lowest BCUT2D eigenvalue weighted by Gasteiger charge is -2.15. The second-order valence-electron chi connectivity index (χ2n) is 5.79. The summed E-state index contributed by atoms with van der Waals surface area (Å²) in [4.78, 5) is 12.0. The van der Waals surface area contributed by atoms with E-state index in [-0.39, 0.29) is 24.5 Å². The van der Waals surface area contributed by atoms with E-state index in [1.54, 1.807) is 18.2 Å². The molecule has 1 N–H and O–H groups in total. The molecule has 2 rings (SSSR count). The molecule has 2 aromatic rings. The first-order valence-electron chi connectivity index (χ1n) is 8.75. The number of para-hydroxylation sites is 2. The van der Waals surface area contributed by atoms with E-state index >= 15 is 0 Å². The van der Waals surface area contributed by atoms with Gasteiger partial charge in [-0.1, -0.05) is 12.1 Å². The van der Waals surface area contributed by atoms with Crippen LogP contribution >= 0.6 is 0 Å². The molecule has 5 nitrogen and oxygen atoms in total. The van der Waals surface area contributed by atoms with Crippen molar-refractivity contribution in [1.29, 1.82) is 0 Å². The van der Waals surface area contributed by atoms with Gasteiger partial charge >= 0.3 is 6.18 Å². The standard InChI is InChI=1S/C20H22F3NO4/c1-3-27-17-7-4-5-8-18(17)28-12-6-9-19(25)24-16-11-10-14(26-2)13-15(16)20(21,22)23/h4-5,7-8,10-11,13H,3,6,9,12H2,1-2H3,(H,24,25). The molecule has 152 valence electrons. The SMILES string of the molecule is CCOc1ccccc1OCCCC(=O)Nc1ccc(OC)cc1C(F)(F)F. The predicted octanol–water partition coefficient (Wildman–Crippen LogP) is 4.91. The zero-order valence-electron chi connectivity index (χ0n) is 15.6. The average Bonchev–Trinajstić information content (AvgIpc) is 2.66. The van der Waals surface area contributed by atoms with E-state index in [9.17, 15) is 18.0 Å². The van der Waals surface area contributed by atoms with Gasteiger partial charge in [0.1, 0.15) is 5.75 Å². The molecule has 0 saturated carbocycles. The Kier molecular flexibility index (Phi) is 7.54. The number of benzene rings is 2. The molecule has 0 fully saturated rings. The molecule has 0 aromatic heterocycles. The third-order valence-corrected chi connectivity index (χ3v) is 3.76. The quantitative estimate of drug-likeness (QED) is 0.611. The zero-order chi connectivity index (χ0) is 20.6. The summed E-state index contributed by atoms with van der Waals surface area (Å²) in [6.07, 6.45) is -4.26. The molecule has 0 saturated heterocycles. The number of carbonyl (C=O) groups is 1. The Hall–Kier alpha value is -2.90. The normalized spacial score (nSPS) is 11.0. The molecule has 0 aliphatic carbocycles. The topological polar surface area (TPSA) is 56.8 Å². The lowest BCUT2D eigenvalue weighted by Crippen LogP contribution is -2.17. The summed E-state index contributed by atoms with van der Waals surface area (Å²) in [5, 5.41) is 2.30. The maximum atomic E-state index is 13.2. The monoisotopic (exact) mass is 397 g/mol. The van der Waals surface area contributed by atoms with Crippen molar-refractivity contribution in [3.63, 3.8) is 0 Å². The van der Waals surface area contributed by atoms with E-state index in [0.717, 1.165) is 6.07 Å². The molecule has 0 aliphatic rings. The van der Waals surface area contributed by atoms with Crippen LogP contribution in [0.5, 0.6) is 17.2 Å². The molecule has 2 aromatic carbocycles. The van der Waals surface area contributed by atoms with Crippen LogP contribution in [0.15, 0.2) is 42.5 Å². The van der Waals surface area contributed by atoms with Crippen LogP contribution in [0.25, 0.3) is 0 Å². The van der Waals surface area contributed by atoms with Gasteiger partial charge in [-0.05, 0) is 43.7 Å². The van der Waals surface area contributed by atoms with Crippen LogP contribution in [-0.2, 0) is 11.0 Å². The van der Waals surface area contributed by atoms with E-state index in [4.69, 9.17) is 14.2 Å². The molecule has 8 heteroatoms. The van der Waals surface area contributed by atoms with Crippen LogP contribution in [0.2, 0.25) is 0 Å². The number of carbonyl (C=O) groups excluding carboxylic acids is 1. The minimum absolute atomic E-state index is 0.0140. The van der Waals surface area contributed by atoms with E-state index in [0.29, 0.717) is 24.5 Å². The number of halogens is 3. The second-order valence-corrected chi connectivity index (χ2v) is 5.79. The van der Waals surface area contributed by atoms with Crippen LogP contribution in [0.4, 0.5) is 18.9 Å². The molecule has 0 aliphatic heterocycles. The summed E-state index contributed by atoms with van der Waals surface area (Å²) >= 11 is 0. The van der Waals surface area contributed by atoms with Crippen molar-refractivity contribution in [2.45, 2.75) is 25.9 Å². The van der Waals surface area contributed by atoms with E-state index in [1.807, 2.05) is 13.0 Å². The fraction of sp³-hybridized carbons (Fsp3) is 0.350. The van der Waals surface area contributed by atoms with E-state index < -0.39 is 17.6 Å². The average molecular weight is 397 g/mol. The lowest BCUT2D eigenvalue weighted by molar-refractivity contribution is -0.137. The number of methoxy groups -OCH3 is 1. The van der Waals surface area contributed by atoms with E-state index in [1.165, 1.54) is 19.2 Å². The number of rotatable bonds is 9. The molecular formula is C20H22F3NO4. The Morgan fingerprint density at radius 3 is 2.36 bits per heavy atom. The number of ether oxygens (including phenoxy) is 3. The Morgan fingerprint density at radius 2 is 1.75 bits per heavy atom. The number of nitrogens with one attached hydrogen (secondary N) is 1. The van der Waals surface area contributed by atoms with Crippen LogP contribution < -0.4 is 19.5 Å². The fourth-order valence-corrected chi connectivity index (χ4v) is 2.47. The number of hydrogen-bond donors (Lipinski definition) is 1. The third kappa shape index (κ3) is 6.07. The van der Waals surface area contributed by atoms with Crippen molar-refractivity contribution < 1.29 is 32.2 Å². The molecule has 1 amide bonds. The number of alkyl halides is 3. The molecular weight excluding hydrogens is 375 g/mol. The van der Waals surface area contributed by atoms with Gasteiger partial charge in [0.25, 0.3) is 0 Å². The summed E-state index contributed by atoms with van der Waals surface area (Å²) in [5.74, 6) is 0.686. The van der Waals surface area contributed by atoms with Gasteiger partial charge in [-0.2, -0.15) is 13.2 Å². The number of amides is 1.